The second kappa shape index (κ2) is 15.6. The number of aromatic amines is 1. The number of ether oxygens (including phenoxy) is 2. The first kappa shape index (κ1) is 34.4. The van der Waals surface area contributed by atoms with E-state index in [2.05, 4.69) is 25.1 Å². The number of nitrogens with zero attached hydrogens (tertiary/aromatic N) is 4. The summed E-state index contributed by atoms with van der Waals surface area (Å²) in [5, 5.41) is 6.17. The highest BCUT2D eigenvalue weighted by Crippen LogP contribution is 2.39. The van der Waals surface area contributed by atoms with Gasteiger partial charge in [0.2, 0.25) is 7.44 Å². The van der Waals surface area contributed by atoms with Crippen LogP contribution in [0.1, 0.15) is 58.9 Å². The Morgan fingerprint density at radius 2 is 1.79 bits per heavy atom. The zero-order valence-corrected chi connectivity index (χ0v) is 27.3. The first-order valence-corrected chi connectivity index (χ1v) is 16.8. The van der Waals surface area contributed by atoms with Gasteiger partial charge in [-0.2, -0.15) is 4.98 Å². The van der Waals surface area contributed by atoms with E-state index in [1.54, 1.807) is 13.8 Å². The van der Waals surface area contributed by atoms with Gasteiger partial charge in [-0.15, -0.1) is 0 Å². The molecule has 1 aromatic carbocycles. The van der Waals surface area contributed by atoms with Crippen LogP contribution in [0.15, 0.2) is 21.7 Å². The quantitative estimate of drug-likeness (QED) is 0.0881. The minimum atomic E-state index is -3.13. The van der Waals surface area contributed by atoms with Crippen LogP contribution in [0, 0.1) is 6.92 Å². The summed E-state index contributed by atoms with van der Waals surface area (Å²) in [5.74, 6) is -0.193. The largest absolute Gasteiger partial charge is 0.465 e. The molecule has 0 saturated carbocycles. The molecule has 0 radical (unpaired) electrons. The Bertz CT molecular complexity index is 1520. The van der Waals surface area contributed by atoms with E-state index >= 15 is 0 Å². The highest BCUT2D eigenvalue weighted by molar-refractivity contribution is 7.59. The maximum absolute atomic E-state index is 13.9. The van der Waals surface area contributed by atoms with E-state index in [0.717, 1.165) is 36.0 Å². The lowest BCUT2D eigenvalue weighted by Crippen LogP contribution is -2.41. The average molecular weight is 620 g/mol. The number of aromatic nitrogens is 4. The molecule has 0 aliphatic carbocycles. The Labute approximate surface area is 252 Å². The van der Waals surface area contributed by atoms with Crippen LogP contribution in [0.2, 0.25) is 0 Å². The summed E-state index contributed by atoms with van der Waals surface area (Å²) in [7, 11) is 0.781. The summed E-state index contributed by atoms with van der Waals surface area (Å²) in [6.45, 7) is 10.9. The van der Waals surface area contributed by atoms with Crippen LogP contribution < -0.4 is 26.3 Å². The van der Waals surface area contributed by atoms with E-state index < -0.39 is 30.7 Å². The smallest absolute Gasteiger partial charge is 0.349 e. The number of hydrogen-bond acceptors (Lipinski definition) is 9. The van der Waals surface area contributed by atoms with Crippen LogP contribution >= 0.6 is 7.44 Å². The Kier molecular flexibility index (Phi) is 12.4. The third-order valence-electron chi connectivity index (χ3n) is 7.06. The number of carbonyl (C=O) groups excluding carboxylic acids is 1. The summed E-state index contributed by atoms with van der Waals surface area (Å²) < 4.78 is 26.3. The zero-order valence-electron chi connectivity index (χ0n) is 26.4. The van der Waals surface area contributed by atoms with Gasteiger partial charge >= 0.3 is 11.7 Å². The number of nitrogens with one attached hydrogen (secondary N) is 3. The minimum absolute atomic E-state index is 0.124. The number of rotatable bonds is 17. The molecule has 3 rings (SSSR count). The molecule has 3 N–H and O–H groups in total. The lowest BCUT2D eigenvalue weighted by molar-refractivity contribution is -0.144. The molecule has 0 amide bonds. The van der Waals surface area contributed by atoms with Crippen molar-refractivity contribution >= 4 is 30.1 Å². The molecule has 13 nitrogen and oxygen atoms in total. The molecule has 0 saturated heterocycles. The van der Waals surface area contributed by atoms with Crippen molar-refractivity contribution in [1.82, 2.24) is 29.7 Å². The van der Waals surface area contributed by atoms with E-state index in [1.807, 2.05) is 56.5 Å². The fourth-order valence-electron chi connectivity index (χ4n) is 5.09. The molecular formula is C29H46N7O6P. The standard InChI is InChI=1S/C29H46N7O6P/c1-8-41-18-20(4)33-43(40,34-21(5)28(38)42-9-2)15-13-11-10-12-14-36-24-17-23(35(6)7)19(3)16-22(24)30-25-26(36)31-29(39)32-27(25)37/h16-17,20-21H,8-15,18H2,1-7H3,(H,32,37,39)(H2,33,34,40). The maximum Gasteiger partial charge on any atom is 0.349 e. The van der Waals surface area contributed by atoms with Gasteiger partial charge in [-0.25, -0.2) is 20.0 Å². The molecule has 43 heavy (non-hydrogen) atoms. The van der Waals surface area contributed by atoms with Gasteiger partial charge in [0, 0.05) is 45.1 Å². The first-order chi connectivity index (χ1) is 20.4. The SMILES string of the molecule is CCOCC(C)NP(=O)(CCCCCCn1c2nc(=O)[nH]c(=O)c-2nc2cc(C)c(N(C)C)cc21)NC(C)C(=O)OCC. The Hall–Kier alpha value is -3.12. The van der Waals surface area contributed by atoms with Gasteiger partial charge < -0.3 is 18.9 Å². The van der Waals surface area contributed by atoms with Crippen molar-refractivity contribution < 1.29 is 18.8 Å². The van der Waals surface area contributed by atoms with Crippen LogP contribution in [0.3, 0.4) is 0 Å². The molecule has 238 valence electrons. The Balaban J connectivity index is 1.74. The first-order valence-electron chi connectivity index (χ1n) is 14.9. The van der Waals surface area contributed by atoms with Gasteiger partial charge in [-0.1, -0.05) is 12.8 Å². The number of unbranched alkanes of at least 4 members (excludes halogenated alkanes) is 3. The van der Waals surface area contributed by atoms with E-state index in [1.165, 1.54) is 0 Å². The zero-order chi connectivity index (χ0) is 31.7. The predicted octanol–water partition coefficient (Wildman–Crippen LogP) is 3.27. The third kappa shape index (κ3) is 9.18. The molecule has 0 fully saturated rings. The average Bonchev–Trinajstić information content (AvgIpc) is 2.93. The number of anilines is 1. The van der Waals surface area contributed by atoms with Gasteiger partial charge in [-0.05, 0) is 65.2 Å². The number of fused-ring (bicyclic) bond motifs is 2. The second-order valence-electron chi connectivity index (χ2n) is 11.0. The molecule has 2 aliphatic heterocycles. The van der Waals surface area contributed by atoms with Gasteiger partial charge in [0.1, 0.15) is 6.04 Å². The van der Waals surface area contributed by atoms with Crippen LogP contribution in [0.25, 0.3) is 22.6 Å². The molecule has 3 unspecified atom stereocenters. The van der Waals surface area contributed by atoms with Gasteiger partial charge in [-0.3, -0.25) is 19.1 Å². The van der Waals surface area contributed by atoms with E-state index in [4.69, 9.17) is 9.47 Å². The number of esters is 1. The molecule has 2 aliphatic rings. The number of hydrogen-bond donors (Lipinski definition) is 3. The van der Waals surface area contributed by atoms with Crippen LogP contribution in [-0.2, 0) is 25.4 Å². The van der Waals surface area contributed by atoms with Crippen LogP contribution in [0.5, 0.6) is 0 Å². The van der Waals surface area contributed by atoms with Crippen molar-refractivity contribution in [2.75, 3.05) is 45.0 Å². The second-order valence-corrected chi connectivity index (χ2v) is 13.4. The van der Waals surface area contributed by atoms with Crippen molar-refractivity contribution in [1.29, 1.82) is 0 Å². The highest BCUT2D eigenvalue weighted by atomic mass is 31.2. The summed E-state index contributed by atoms with van der Waals surface area (Å²) >= 11 is 0. The highest BCUT2D eigenvalue weighted by Gasteiger charge is 2.29. The van der Waals surface area contributed by atoms with Crippen molar-refractivity contribution in [3.8, 4) is 11.5 Å². The van der Waals surface area contributed by atoms with Gasteiger partial charge in [0.25, 0.3) is 5.56 Å². The lowest BCUT2D eigenvalue weighted by atomic mass is 10.1. The van der Waals surface area contributed by atoms with Crippen molar-refractivity contribution in [2.24, 2.45) is 0 Å². The normalized spacial score (nSPS) is 14.5. The van der Waals surface area contributed by atoms with E-state index in [0.29, 0.717) is 37.9 Å². The fourth-order valence-corrected chi connectivity index (χ4v) is 7.61. The molecule has 0 spiro atoms. The summed E-state index contributed by atoms with van der Waals surface area (Å²) in [4.78, 5) is 49.8. The predicted molar refractivity (Wildman–Crippen MR) is 169 cm³/mol. The summed E-state index contributed by atoms with van der Waals surface area (Å²) in [5.41, 5.74) is 2.30. The van der Waals surface area contributed by atoms with Crippen molar-refractivity contribution in [3.63, 3.8) is 0 Å². The van der Waals surface area contributed by atoms with E-state index in [-0.39, 0.29) is 24.2 Å². The number of aryl methyl sites for hydroxylation is 2. The third-order valence-corrected chi connectivity index (χ3v) is 9.66. The number of carbonyl (C=O) groups is 1. The van der Waals surface area contributed by atoms with Crippen LogP contribution in [-0.4, -0.2) is 77.6 Å². The topological polar surface area (TPSA) is 161 Å². The Morgan fingerprint density at radius 3 is 2.47 bits per heavy atom. The number of benzene rings is 1. The molecule has 1 aromatic rings. The molecule has 3 atom stereocenters. The summed E-state index contributed by atoms with van der Waals surface area (Å²) in [6, 6.07) is 3.05. The van der Waals surface area contributed by atoms with Gasteiger partial charge in [0.15, 0.2) is 11.5 Å². The monoisotopic (exact) mass is 619 g/mol. The number of H-pyrrole nitrogens is 1. The molecule has 14 heteroatoms. The maximum atomic E-state index is 13.9. The molecule has 0 aromatic heterocycles. The van der Waals surface area contributed by atoms with Crippen molar-refractivity contribution in [3.05, 3.63) is 38.5 Å². The summed E-state index contributed by atoms with van der Waals surface area (Å²) in [6.07, 6.45) is 3.33. The fraction of sp³-hybridized carbons (Fsp3) is 0.621. The lowest BCUT2D eigenvalue weighted by Gasteiger charge is -2.27. The molecule has 2 heterocycles. The molecule has 0 bridgehead atoms. The van der Waals surface area contributed by atoms with E-state index in [9.17, 15) is 18.9 Å². The van der Waals surface area contributed by atoms with Crippen molar-refractivity contribution in [2.45, 2.75) is 78.9 Å². The minimum Gasteiger partial charge on any atom is -0.465 e. The van der Waals surface area contributed by atoms with Gasteiger partial charge in [0.05, 0.1) is 24.2 Å². The Morgan fingerprint density at radius 1 is 1.07 bits per heavy atom. The van der Waals surface area contributed by atoms with Crippen LogP contribution in [0.4, 0.5) is 5.69 Å². The molecular weight excluding hydrogens is 573 g/mol.